The third kappa shape index (κ3) is 5.86. The molecule has 0 saturated heterocycles. The van der Waals surface area contributed by atoms with Crippen molar-refractivity contribution in [2.24, 2.45) is 0 Å². The smallest absolute Gasteiger partial charge is 0.164 e. The second-order valence-corrected chi connectivity index (χ2v) is 15.4. The van der Waals surface area contributed by atoms with E-state index < -0.39 is 0 Å². The maximum absolute atomic E-state index is 5.46. The molecular formula is C56H35N5. The van der Waals surface area contributed by atoms with Crippen LogP contribution in [0.5, 0.6) is 0 Å². The SMILES string of the molecule is c1ccc(-c2nc(-c3ccccc3)nc(-c3ccc(-c4ccc5c(c4)nc(-c4ccccc4)c4ccc6c(c7ccccc7n6-c6cccc7ccccc67)c45)cc3)n2)cc1. The van der Waals surface area contributed by atoms with Crippen molar-refractivity contribution >= 4 is 54.3 Å². The number of rotatable bonds is 6. The maximum Gasteiger partial charge on any atom is 0.164 e. The van der Waals surface area contributed by atoms with Gasteiger partial charge in [-0.2, -0.15) is 0 Å². The second kappa shape index (κ2) is 14.2. The topological polar surface area (TPSA) is 56.5 Å². The van der Waals surface area contributed by atoms with Crippen LogP contribution in [0, 0.1) is 0 Å². The zero-order valence-corrected chi connectivity index (χ0v) is 32.9. The second-order valence-electron chi connectivity index (χ2n) is 15.4. The Bertz CT molecular complexity index is 3550. The molecule has 0 N–H and O–H groups in total. The van der Waals surface area contributed by atoms with Gasteiger partial charge < -0.3 is 4.57 Å². The standard InChI is InChI=1S/C56H35N5/c1-4-16-38(17-5-1)53-46-33-34-50-52(45-24-12-13-25-49(45)61(50)48-26-14-22-37-15-10-11-23-43(37)48)51(46)44-32-31-42(35-47(44)57-53)36-27-29-41(30-28-36)56-59-54(39-18-6-2-7-19-39)58-55(60-56)40-20-8-3-9-21-40/h1-35H. The zero-order valence-electron chi connectivity index (χ0n) is 32.9. The molecule has 284 valence electrons. The number of para-hydroxylation sites is 1. The van der Waals surface area contributed by atoms with E-state index in [1.807, 2.05) is 60.7 Å². The van der Waals surface area contributed by atoms with Crippen molar-refractivity contribution in [2.45, 2.75) is 0 Å². The first-order valence-corrected chi connectivity index (χ1v) is 20.6. The minimum atomic E-state index is 0.630. The molecule has 3 heterocycles. The third-order valence-electron chi connectivity index (χ3n) is 11.8. The van der Waals surface area contributed by atoms with E-state index in [9.17, 15) is 0 Å². The lowest BCUT2D eigenvalue weighted by atomic mass is 9.94. The summed E-state index contributed by atoms with van der Waals surface area (Å²) in [5.74, 6) is 1.92. The predicted molar refractivity (Wildman–Crippen MR) is 252 cm³/mol. The number of aromatic nitrogens is 5. The molecule has 0 spiro atoms. The first-order chi connectivity index (χ1) is 30.2. The average molecular weight is 778 g/mol. The van der Waals surface area contributed by atoms with Crippen molar-refractivity contribution in [3.05, 3.63) is 212 Å². The average Bonchev–Trinajstić information content (AvgIpc) is 3.68. The fourth-order valence-corrected chi connectivity index (χ4v) is 8.96. The van der Waals surface area contributed by atoms with Crippen LogP contribution in [0.2, 0.25) is 0 Å². The van der Waals surface area contributed by atoms with E-state index in [1.165, 1.54) is 43.7 Å². The van der Waals surface area contributed by atoms with Crippen LogP contribution in [0.15, 0.2) is 212 Å². The van der Waals surface area contributed by atoms with Crippen molar-refractivity contribution < 1.29 is 0 Å². The zero-order chi connectivity index (χ0) is 40.3. The third-order valence-corrected chi connectivity index (χ3v) is 11.8. The molecule has 12 aromatic rings. The summed E-state index contributed by atoms with van der Waals surface area (Å²) < 4.78 is 2.44. The molecule has 12 rings (SSSR count). The van der Waals surface area contributed by atoms with E-state index in [4.69, 9.17) is 19.9 Å². The van der Waals surface area contributed by atoms with Crippen LogP contribution in [0.3, 0.4) is 0 Å². The molecule has 0 amide bonds. The van der Waals surface area contributed by atoms with Gasteiger partial charge in [-0.15, -0.1) is 0 Å². The van der Waals surface area contributed by atoms with Crippen molar-refractivity contribution in [2.75, 3.05) is 0 Å². The molecule has 61 heavy (non-hydrogen) atoms. The molecule has 0 bridgehead atoms. The largest absolute Gasteiger partial charge is 0.309 e. The predicted octanol–water partition coefficient (Wildman–Crippen LogP) is 14.2. The van der Waals surface area contributed by atoms with Gasteiger partial charge in [0.1, 0.15) is 0 Å². The highest BCUT2D eigenvalue weighted by Crippen LogP contribution is 2.43. The van der Waals surface area contributed by atoms with Gasteiger partial charge >= 0.3 is 0 Å². The Morgan fingerprint density at radius 3 is 1.51 bits per heavy atom. The minimum absolute atomic E-state index is 0.630. The Balaban J connectivity index is 1.04. The van der Waals surface area contributed by atoms with Gasteiger partial charge in [0.15, 0.2) is 17.5 Å². The Morgan fingerprint density at radius 2 is 0.820 bits per heavy atom. The fourth-order valence-electron chi connectivity index (χ4n) is 8.96. The molecule has 9 aromatic carbocycles. The lowest BCUT2D eigenvalue weighted by Gasteiger charge is -2.14. The van der Waals surface area contributed by atoms with Gasteiger partial charge in [-0.05, 0) is 40.8 Å². The Kier molecular flexibility index (Phi) is 8.10. The normalized spacial score (nSPS) is 11.6. The van der Waals surface area contributed by atoms with Gasteiger partial charge in [0.2, 0.25) is 0 Å². The maximum atomic E-state index is 5.46. The number of hydrogen-bond donors (Lipinski definition) is 0. The van der Waals surface area contributed by atoms with Gasteiger partial charge in [-0.1, -0.05) is 188 Å². The highest BCUT2D eigenvalue weighted by atomic mass is 15.0. The van der Waals surface area contributed by atoms with Crippen molar-refractivity contribution in [3.8, 4) is 62.2 Å². The first-order valence-electron chi connectivity index (χ1n) is 20.6. The van der Waals surface area contributed by atoms with E-state index >= 15 is 0 Å². The Hall–Kier alpha value is -8.28. The van der Waals surface area contributed by atoms with Crippen LogP contribution in [0.1, 0.15) is 0 Å². The van der Waals surface area contributed by atoms with Crippen LogP contribution < -0.4 is 0 Å². The number of benzene rings is 9. The molecule has 0 aliphatic carbocycles. The van der Waals surface area contributed by atoms with Crippen molar-refractivity contribution in [1.29, 1.82) is 0 Å². The van der Waals surface area contributed by atoms with Crippen LogP contribution in [-0.4, -0.2) is 24.5 Å². The molecule has 5 heteroatoms. The summed E-state index contributed by atoms with van der Waals surface area (Å²) in [6.07, 6.45) is 0. The van der Waals surface area contributed by atoms with E-state index in [0.717, 1.165) is 55.4 Å². The van der Waals surface area contributed by atoms with E-state index in [1.54, 1.807) is 0 Å². The van der Waals surface area contributed by atoms with E-state index in [-0.39, 0.29) is 0 Å². The molecule has 0 aliphatic heterocycles. The number of hydrogen-bond acceptors (Lipinski definition) is 4. The van der Waals surface area contributed by atoms with Gasteiger partial charge in [-0.3, -0.25) is 0 Å². The van der Waals surface area contributed by atoms with Crippen LogP contribution >= 0.6 is 0 Å². The molecule has 0 fully saturated rings. The highest BCUT2D eigenvalue weighted by Gasteiger charge is 2.21. The van der Waals surface area contributed by atoms with Crippen LogP contribution in [0.4, 0.5) is 0 Å². The number of nitrogens with zero attached hydrogens (tertiary/aromatic N) is 5. The van der Waals surface area contributed by atoms with Crippen molar-refractivity contribution in [1.82, 2.24) is 24.5 Å². The quantitative estimate of drug-likeness (QED) is 0.158. The Morgan fingerprint density at radius 1 is 0.295 bits per heavy atom. The summed E-state index contributed by atoms with van der Waals surface area (Å²) in [7, 11) is 0. The Labute approximate surface area is 351 Å². The molecule has 0 saturated carbocycles. The lowest BCUT2D eigenvalue weighted by molar-refractivity contribution is 1.07. The summed E-state index contributed by atoms with van der Waals surface area (Å²) >= 11 is 0. The summed E-state index contributed by atoms with van der Waals surface area (Å²) in [5.41, 5.74) is 11.5. The van der Waals surface area contributed by atoms with E-state index in [2.05, 4.69) is 156 Å². The molecule has 5 nitrogen and oxygen atoms in total. The fraction of sp³-hybridized carbons (Fsp3) is 0. The number of pyridine rings is 1. The van der Waals surface area contributed by atoms with Crippen LogP contribution in [-0.2, 0) is 0 Å². The lowest BCUT2D eigenvalue weighted by Crippen LogP contribution is -2.00. The van der Waals surface area contributed by atoms with Gasteiger partial charge in [-0.25, -0.2) is 19.9 Å². The molecule has 0 atom stereocenters. The summed E-state index contributed by atoms with van der Waals surface area (Å²) in [5, 5.41) is 8.33. The molecule has 0 aliphatic rings. The highest BCUT2D eigenvalue weighted by molar-refractivity contribution is 6.30. The van der Waals surface area contributed by atoms with E-state index in [0.29, 0.717) is 17.5 Å². The van der Waals surface area contributed by atoms with Gasteiger partial charge in [0, 0.05) is 54.6 Å². The minimum Gasteiger partial charge on any atom is -0.309 e. The van der Waals surface area contributed by atoms with Crippen LogP contribution in [0.25, 0.3) is 116 Å². The van der Waals surface area contributed by atoms with Gasteiger partial charge in [0.05, 0.1) is 27.9 Å². The molecule has 3 aromatic heterocycles. The summed E-state index contributed by atoms with van der Waals surface area (Å²) in [6.45, 7) is 0. The molecular weight excluding hydrogens is 743 g/mol. The molecule has 0 unspecified atom stereocenters. The molecule has 0 radical (unpaired) electrons. The summed E-state index contributed by atoms with van der Waals surface area (Å²) in [6, 6.07) is 74.6. The summed E-state index contributed by atoms with van der Waals surface area (Å²) in [4.78, 5) is 20.3. The first kappa shape index (κ1) is 34.7. The van der Waals surface area contributed by atoms with Gasteiger partial charge in [0.25, 0.3) is 0 Å². The van der Waals surface area contributed by atoms with Crippen molar-refractivity contribution in [3.63, 3.8) is 0 Å². The monoisotopic (exact) mass is 777 g/mol. The number of fused-ring (bicyclic) bond motifs is 8.